The number of benzene rings is 1. The highest BCUT2D eigenvalue weighted by atomic mass is 35.5. The number of nitrogens with zero attached hydrogens (tertiary/aromatic N) is 3. The van der Waals surface area contributed by atoms with Gasteiger partial charge in [-0.05, 0) is 37.5 Å². The summed E-state index contributed by atoms with van der Waals surface area (Å²) in [5.74, 6) is 0.893. The van der Waals surface area contributed by atoms with E-state index < -0.39 is 0 Å². The van der Waals surface area contributed by atoms with E-state index in [0.29, 0.717) is 0 Å². The molecule has 0 bridgehead atoms. The SMILES string of the molecule is Cc1ccnc2c1nc(C(C)Cl)n2CCc1ccccc1. The normalized spacial score (nSPS) is 12.7. The van der Waals surface area contributed by atoms with E-state index in [-0.39, 0.29) is 5.38 Å². The number of aryl methyl sites for hydroxylation is 3. The molecule has 0 amide bonds. The fourth-order valence-corrected chi connectivity index (χ4v) is 2.73. The van der Waals surface area contributed by atoms with Crippen molar-refractivity contribution in [1.82, 2.24) is 14.5 Å². The summed E-state index contributed by atoms with van der Waals surface area (Å²) in [6.07, 6.45) is 2.78. The highest BCUT2D eigenvalue weighted by Crippen LogP contribution is 2.25. The molecule has 0 aliphatic rings. The van der Waals surface area contributed by atoms with Crippen molar-refractivity contribution in [1.29, 1.82) is 0 Å². The maximum absolute atomic E-state index is 6.30. The van der Waals surface area contributed by atoms with Crippen molar-refractivity contribution in [3.63, 3.8) is 0 Å². The minimum atomic E-state index is -0.130. The predicted octanol–water partition coefficient (Wildman–Crippen LogP) is 4.28. The maximum Gasteiger partial charge on any atom is 0.160 e. The quantitative estimate of drug-likeness (QED) is 0.673. The molecular formula is C17H18ClN3. The second-order valence-electron chi connectivity index (χ2n) is 5.27. The zero-order valence-electron chi connectivity index (χ0n) is 12.3. The molecule has 3 nitrogen and oxygen atoms in total. The third kappa shape index (κ3) is 2.79. The molecule has 2 aromatic heterocycles. The smallest absolute Gasteiger partial charge is 0.160 e. The van der Waals surface area contributed by atoms with Crippen LogP contribution in [0.25, 0.3) is 11.2 Å². The van der Waals surface area contributed by atoms with Crippen LogP contribution in [0.15, 0.2) is 42.6 Å². The van der Waals surface area contributed by atoms with E-state index >= 15 is 0 Å². The minimum Gasteiger partial charge on any atom is -0.311 e. The molecule has 108 valence electrons. The molecule has 0 aliphatic heterocycles. The van der Waals surface area contributed by atoms with Crippen LogP contribution in [0.1, 0.15) is 29.3 Å². The molecule has 1 atom stereocenters. The minimum absolute atomic E-state index is 0.130. The van der Waals surface area contributed by atoms with Gasteiger partial charge in [0.25, 0.3) is 0 Å². The number of pyridine rings is 1. The first kappa shape index (κ1) is 14.1. The average Bonchev–Trinajstić information content (AvgIpc) is 2.87. The van der Waals surface area contributed by atoms with E-state index in [0.717, 1.165) is 35.5 Å². The Labute approximate surface area is 129 Å². The Morgan fingerprint density at radius 2 is 1.95 bits per heavy atom. The van der Waals surface area contributed by atoms with Gasteiger partial charge in [-0.25, -0.2) is 9.97 Å². The van der Waals surface area contributed by atoms with Crippen molar-refractivity contribution in [2.75, 3.05) is 0 Å². The molecule has 0 fully saturated rings. The number of fused-ring (bicyclic) bond motifs is 1. The molecule has 0 radical (unpaired) electrons. The van der Waals surface area contributed by atoms with Crippen LogP contribution in [-0.4, -0.2) is 14.5 Å². The molecule has 1 unspecified atom stereocenters. The van der Waals surface area contributed by atoms with Crippen LogP contribution in [0.5, 0.6) is 0 Å². The first-order chi connectivity index (χ1) is 10.2. The molecule has 4 heteroatoms. The van der Waals surface area contributed by atoms with Gasteiger partial charge in [0.1, 0.15) is 11.3 Å². The summed E-state index contributed by atoms with van der Waals surface area (Å²) in [6.45, 7) is 4.85. The van der Waals surface area contributed by atoms with Crippen molar-refractivity contribution in [2.45, 2.75) is 32.2 Å². The first-order valence-corrected chi connectivity index (χ1v) is 7.60. The maximum atomic E-state index is 6.30. The van der Waals surface area contributed by atoms with Gasteiger partial charge in [-0.2, -0.15) is 0 Å². The van der Waals surface area contributed by atoms with Gasteiger partial charge in [-0.15, -0.1) is 11.6 Å². The summed E-state index contributed by atoms with van der Waals surface area (Å²) in [6, 6.07) is 12.4. The summed E-state index contributed by atoms with van der Waals surface area (Å²) in [4.78, 5) is 9.19. The summed E-state index contributed by atoms with van der Waals surface area (Å²) in [5.41, 5.74) is 4.32. The van der Waals surface area contributed by atoms with Gasteiger partial charge in [0.15, 0.2) is 5.65 Å². The van der Waals surface area contributed by atoms with E-state index in [4.69, 9.17) is 16.6 Å². The standard InChI is InChI=1S/C17H18ClN3/c1-12-8-10-19-17-15(12)20-16(13(2)18)21(17)11-9-14-6-4-3-5-7-14/h3-8,10,13H,9,11H2,1-2H3. The molecule has 3 aromatic rings. The Balaban J connectivity index is 2.00. The number of hydrogen-bond donors (Lipinski definition) is 0. The first-order valence-electron chi connectivity index (χ1n) is 7.16. The molecule has 0 saturated heterocycles. The summed E-state index contributed by atoms with van der Waals surface area (Å²) in [5, 5.41) is -0.130. The van der Waals surface area contributed by atoms with E-state index in [1.165, 1.54) is 5.56 Å². The molecule has 1 aromatic carbocycles. The Morgan fingerprint density at radius 1 is 1.19 bits per heavy atom. The van der Waals surface area contributed by atoms with Crippen molar-refractivity contribution in [2.24, 2.45) is 0 Å². The Morgan fingerprint density at radius 3 is 2.67 bits per heavy atom. The molecule has 0 aliphatic carbocycles. The van der Waals surface area contributed by atoms with Gasteiger partial charge in [0, 0.05) is 12.7 Å². The highest BCUT2D eigenvalue weighted by molar-refractivity contribution is 6.20. The number of halogens is 1. The second-order valence-corrected chi connectivity index (χ2v) is 5.93. The van der Waals surface area contributed by atoms with Gasteiger partial charge in [0.05, 0.1) is 5.38 Å². The third-order valence-corrected chi connectivity index (χ3v) is 3.88. The Hall–Kier alpha value is -1.87. The predicted molar refractivity (Wildman–Crippen MR) is 86.7 cm³/mol. The molecule has 21 heavy (non-hydrogen) atoms. The van der Waals surface area contributed by atoms with Crippen molar-refractivity contribution >= 4 is 22.8 Å². The largest absolute Gasteiger partial charge is 0.311 e. The fourth-order valence-electron chi connectivity index (χ4n) is 2.56. The molecule has 0 N–H and O–H groups in total. The number of alkyl halides is 1. The van der Waals surface area contributed by atoms with E-state index in [2.05, 4.69) is 40.7 Å². The van der Waals surface area contributed by atoms with Gasteiger partial charge >= 0.3 is 0 Å². The Kier molecular flexibility index (Phi) is 3.93. The van der Waals surface area contributed by atoms with Crippen LogP contribution in [-0.2, 0) is 13.0 Å². The summed E-state index contributed by atoms with van der Waals surface area (Å²) < 4.78 is 2.15. The van der Waals surface area contributed by atoms with Crippen molar-refractivity contribution in [3.8, 4) is 0 Å². The summed E-state index contributed by atoms with van der Waals surface area (Å²) >= 11 is 6.30. The van der Waals surface area contributed by atoms with Gasteiger partial charge in [-0.1, -0.05) is 30.3 Å². The number of imidazole rings is 1. The van der Waals surface area contributed by atoms with E-state index in [1.54, 1.807) is 0 Å². The lowest BCUT2D eigenvalue weighted by Gasteiger charge is -2.10. The molecule has 0 spiro atoms. The number of hydrogen-bond acceptors (Lipinski definition) is 2. The fraction of sp³-hybridized carbons (Fsp3) is 0.294. The van der Waals surface area contributed by atoms with Crippen LogP contribution in [0.2, 0.25) is 0 Å². The lowest BCUT2D eigenvalue weighted by Crippen LogP contribution is -2.07. The van der Waals surface area contributed by atoms with Gasteiger partial charge in [0.2, 0.25) is 0 Å². The van der Waals surface area contributed by atoms with E-state index in [1.807, 2.05) is 25.3 Å². The van der Waals surface area contributed by atoms with Crippen LogP contribution in [0, 0.1) is 6.92 Å². The topological polar surface area (TPSA) is 30.7 Å². The van der Waals surface area contributed by atoms with E-state index in [9.17, 15) is 0 Å². The zero-order chi connectivity index (χ0) is 14.8. The molecule has 2 heterocycles. The lowest BCUT2D eigenvalue weighted by molar-refractivity contribution is 0.663. The van der Waals surface area contributed by atoms with Gasteiger partial charge in [-0.3, -0.25) is 0 Å². The van der Waals surface area contributed by atoms with Gasteiger partial charge < -0.3 is 4.57 Å². The van der Waals surface area contributed by atoms with Crippen LogP contribution < -0.4 is 0 Å². The highest BCUT2D eigenvalue weighted by Gasteiger charge is 2.16. The number of aromatic nitrogens is 3. The monoisotopic (exact) mass is 299 g/mol. The van der Waals surface area contributed by atoms with Crippen molar-refractivity contribution in [3.05, 3.63) is 59.5 Å². The molecule has 3 rings (SSSR count). The lowest BCUT2D eigenvalue weighted by atomic mass is 10.1. The molecular weight excluding hydrogens is 282 g/mol. The molecule has 0 saturated carbocycles. The number of rotatable bonds is 4. The average molecular weight is 300 g/mol. The summed E-state index contributed by atoms with van der Waals surface area (Å²) in [7, 11) is 0. The second kappa shape index (κ2) is 5.86. The third-order valence-electron chi connectivity index (χ3n) is 3.69. The van der Waals surface area contributed by atoms with Crippen molar-refractivity contribution < 1.29 is 0 Å². The zero-order valence-corrected chi connectivity index (χ0v) is 13.0. The van der Waals surface area contributed by atoms with Crippen LogP contribution in [0.4, 0.5) is 0 Å². The Bertz CT molecular complexity index is 747. The van der Waals surface area contributed by atoms with Crippen LogP contribution >= 0.6 is 11.6 Å². The van der Waals surface area contributed by atoms with Crippen LogP contribution in [0.3, 0.4) is 0 Å².